The Labute approximate surface area is 124 Å². The van der Waals surface area contributed by atoms with E-state index in [1.807, 2.05) is 6.92 Å². The molecule has 0 atom stereocenters. The van der Waals surface area contributed by atoms with Crippen LogP contribution in [0.25, 0.3) is 11.3 Å². The molecule has 3 nitrogen and oxygen atoms in total. The van der Waals surface area contributed by atoms with E-state index in [0.717, 1.165) is 6.42 Å². The summed E-state index contributed by atoms with van der Waals surface area (Å²) in [6, 6.07) is 2.56. The molecule has 0 fully saturated rings. The van der Waals surface area contributed by atoms with E-state index >= 15 is 0 Å². The Kier molecular flexibility index (Phi) is 4.65. The van der Waals surface area contributed by atoms with Crippen molar-refractivity contribution in [1.29, 1.82) is 0 Å². The highest BCUT2D eigenvalue weighted by atomic mass is 79.9. The van der Waals surface area contributed by atoms with Gasteiger partial charge in [0.25, 0.3) is 0 Å². The second-order valence-electron chi connectivity index (χ2n) is 4.27. The van der Waals surface area contributed by atoms with Crippen molar-refractivity contribution in [3.63, 3.8) is 0 Å². The first-order chi connectivity index (χ1) is 9.60. The molecule has 0 unspecified atom stereocenters. The summed E-state index contributed by atoms with van der Waals surface area (Å²) in [5.41, 5.74) is 0.887. The van der Waals surface area contributed by atoms with Crippen molar-refractivity contribution in [3.05, 3.63) is 40.1 Å². The van der Waals surface area contributed by atoms with Crippen LogP contribution in [-0.4, -0.2) is 17.0 Å². The molecule has 0 saturated heterocycles. The zero-order valence-corrected chi connectivity index (χ0v) is 12.8. The van der Waals surface area contributed by atoms with Crippen molar-refractivity contribution in [3.8, 4) is 11.3 Å². The molecule has 0 saturated carbocycles. The zero-order chi connectivity index (χ0) is 14.7. The summed E-state index contributed by atoms with van der Waals surface area (Å²) in [4.78, 5) is 8.19. The lowest BCUT2D eigenvalue weighted by atomic mass is 10.0. The molecule has 0 aliphatic carbocycles. The summed E-state index contributed by atoms with van der Waals surface area (Å²) in [7, 11) is 1.72. The van der Waals surface area contributed by atoms with Crippen LogP contribution in [0, 0.1) is 11.6 Å². The van der Waals surface area contributed by atoms with E-state index in [1.165, 1.54) is 18.5 Å². The number of nitrogens with zero attached hydrogens (tertiary/aromatic N) is 2. The van der Waals surface area contributed by atoms with E-state index in [2.05, 4.69) is 31.2 Å². The van der Waals surface area contributed by atoms with Crippen molar-refractivity contribution >= 4 is 21.7 Å². The molecule has 0 aliphatic heterocycles. The van der Waals surface area contributed by atoms with Crippen molar-refractivity contribution < 1.29 is 8.78 Å². The largest absolute Gasteiger partial charge is 0.373 e. The van der Waals surface area contributed by atoms with Crippen LogP contribution >= 0.6 is 15.9 Å². The molecule has 0 spiro atoms. The maximum absolute atomic E-state index is 14.2. The molecule has 0 bridgehead atoms. The summed E-state index contributed by atoms with van der Waals surface area (Å²) in [5, 5.41) is 2.94. The highest BCUT2D eigenvalue weighted by Gasteiger charge is 2.20. The average Bonchev–Trinajstić information content (AvgIpc) is 2.45. The van der Waals surface area contributed by atoms with Gasteiger partial charge in [-0.2, -0.15) is 0 Å². The Bertz CT molecular complexity index is 632. The van der Waals surface area contributed by atoms with Gasteiger partial charge in [-0.3, -0.25) is 0 Å². The van der Waals surface area contributed by atoms with Crippen LogP contribution in [0.15, 0.2) is 22.9 Å². The van der Waals surface area contributed by atoms with Gasteiger partial charge in [0.1, 0.15) is 23.8 Å². The predicted octanol–water partition coefficient (Wildman–Crippen LogP) is 4.18. The summed E-state index contributed by atoms with van der Waals surface area (Å²) in [6.07, 6.45) is 2.77. The molecule has 0 radical (unpaired) electrons. The van der Waals surface area contributed by atoms with Crippen molar-refractivity contribution in [2.45, 2.75) is 19.8 Å². The number of halogens is 3. The highest BCUT2D eigenvalue weighted by Crippen LogP contribution is 2.33. The summed E-state index contributed by atoms with van der Waals surface area (Å²) >= 11 is 3.08. The third-order valence-corrected chi connectivity index (χ3v) is 3.58. The monoisotopic (exact) mass is 341 g/mol. The Morgan fingerprint density at radius 1 is 1.25 bits per heavy atom. The minimum Gasteiger partial charge on any atom is -0.373 e. The van der Waals surface area contributed by atoms with E-state index in [4.69, 9.17) is 0 Å². The molecule has 1 aromatic carbocycles. The fraction of sp³-hybridized carbons (Fsp3) is 0.286. The first kappa shape index (κ1) is 14.8. The van der Waals surface area contributed by atoms with Gasteiger partial charge in [0, 0.05) is 12.6 Å². The van der Waals surface area contributed by atoms with Crippen LogP contribution < -0.4 is 5.32 Å². The summed E-state index contributed by atoms with van der Waals surface area (Å²) in [5.74, 6) is -0.692. The van der Waals surface area contributed by atoms with Crippen LogP contribution in [0.5, 0.6) is 0 Å². The van der Waals surface area contributed by atoms with Gasteiger partial charge in [0.2, 0.25) is 0 Å². The molecule has 0 aliphatic rings. The Morgan fingerprint density at radius 3 is 2.65 bits per heavy atom. The van der Waals surface area contributed by atoms with Crippen molar-refractivity contribution in [2.24, 2.45) is 0 Å². The lowest BCUT2D eigenvalue weighted by Crippen LogP contribution is -2.05. The molecule has 6 heteroatoms. The number of aromatic nitrogens is 2. The first-order valence-electron chi connectivity index (χ1n) is 6.25. The van der Waals surface area contributed by atoms with E-state index in [0.29, 0.717) is 23.5 Å². The Morgan fingerprint density at radius 2 is 2.00 bits per heavy atom. The second-order valence-corrected chi connectivity index (χ2v) is 5.12. The van der Waals surface area contributed by atoms with Crippen LogP contribution in [0.4, 0.5) is 14.6 Å². The fourth-order valence-electron chi connectivity index (χ4n) is 2.07. The number of hydrogen-bond donors (Lipinski definition) is 1. The normalized spacial score (nSPS) is 10.7. The number of anilines is 1. The maximum atomic E-state index is 14.2. The minimum absolute atomic E-state index is 0.123. The maximum Gasteiger partial charge on any atom is 0.149 e. The van der Waals surface area contributed by atoms with Gasteiger partial charge in [-0.05, 0) is 34.5 Å². The number of rotatable bonds is 4. The highest BCUT2D eigenvalue weighted by molar-refractivity contribution is 9.10. The van der Waals surface area contributed by atoms with E-state index < -0.39 is 11.6 Å². The van der Waals surface area contributed by atoms with Crippen LogP contribution in [0.1, 0.15) is 18.9 Å². The van der Waals surface area contributed by atoms with Crippen LogP contribution in [0.2, 0.25) is 0 Å². The second kappa shape index (κ2) is 6.26. The third kappa shape index (κ3) is 2.65. The fourth-order valence-corrected chi connectivity index (χ4v) is 2.40. The standard InChI is InChI=1S/C14H14BrF2N3/c1-3-4-8-13(19-7-20-14(8)18-2)11-10(16)6-5-9(15)12(11)17/h5-7H,3-4H2,1-2H3,(H,18,19,20). The molecule has 1 heterocycles. The molecular weight excluding hydrogens is 328 g/mol. The minimum atomic E-state index is -0.650. The van der Waals surface area contributed by atoms with E-state index in [9.17, 15) is 8.78 Å². The Balaban J connectivity index is 2.73. The third-order valence-electron chi connectivity index (χ3n) is 2.96. The molecular formula is C14H14BrF2N3. The van der Waals surface area contributed by atoms with Gasteiger partial charge < -0.3 is 5.32 Å². The molecule has 1 aromatic heterocycles. The summed E-state index contributed by atoms with van der Waals surface area (Å²) in [6.45, 7) is 1.99. The molecule has 1 N–H and O–H groups in total. The smallest absolute Gasteiger partial charge is 0.149 e. The quantitative estimate of drug-likeness (QED) is 0.847. The van der Waals surface area contributed by atoms with Crippen molar-refractivity contribution in [1.82, 2.24) is 9.97 Å². The van der Waals surface area contributed by atoms with Gasteiger partial charge in [-0.25, -0.2) is 18.7 Å². The van der Waals surface area contributed by atoms with Gasteiger partial charge in [0.05, 0.1) is 15.7 Å². The molecule has 20 heavy (non-hydrogen) atoms. The summed E-state index contributed by atoms with van der Waals surface area (Å²) < 4.78 is 28.5. The molecule has 2 rings (SSSR count). The lowest BCUT2D eigenvalue weighted by molar-refractivity contribution is 0.584. The van der Waals surface area contributed by atoms with Gasteiger partial charge >= 0.3 is 0 Å². The average molecular weight is 342 g/mol. The lowest BCUT2D eigenvalue weighted by Gasteiger charge is -2.13. The van der Waals surface area contributed by atoms with Crippen LogP contribution in [0.3, 0.4) is 0 Å². The van der Waals surface area contributed by atoms with Crippen molar-refractivity contribution in [2.75, 3.05) is 12.4 Å². The SMILES string of the molecule is CCCc1c(NC)ncnc1-c1c(F)ccc(Br)c1F. The van der Waals surface area contributed by atoms with Gasteiger partial charge in [-0.15, -0.1) is 0 Å². The predicted molar refractivity (Wildman–Crippen MR) is 78.6 cm³/mol. The number of hydrogen-bond acceptors (Lipinski definition) is 3. The van der Waals surface area contributed by atoms with Crippen LogP contribution in [-0.2, 0) is 6.42 Å². The van der Waals surface area contributed by atoms with E-state index in [1.54, 1.807) is 7.05 Å². The first-order valence-corrected chi connectivity index (χ1v) is 7.04. The topological polar surface area (TPSA) is 37.8 Å². The number of benzene rings is 1. The van der Waals surface area contributed by atoms with E-state index in [-0.39, 0.29) is 10.0 Å². The Hall–Kier alpha value is -1.56. The number of nitrogens with one attached hydrogen (secondary N) is 1. The molecule has 2 aromatic rings. The zero-order valence-electron chi connectivity index (χ0n) is 11.2. The molecule has 106 valence electrons. The van der Waals surface area contributed by atoms with Gasteiger partial charge in [0.15, 0.2) is 0 Å². The molecule has 0 amide bonds. The van der Waals surface area contributed by atoms with Gasteiger partial charge in [-0.1, -0.05) is 13.3 Å².